The van der Waals surface area contributed by atoms with Crippen LogP contribution in [0.3, 0.4) is 0 Å². The molecule has 2 bridgehead atoms. The van der Waals surface area contributed by atoms with Crippen molar-refractivity contribution in [2.45, 2.75) is 68.8 Å². The Labute approximate surface area is 330 Å². The number of β-lactam (4-membered cyclic amide) rings is 1. The molecule has 8 N–H and O–H groups in total. The van der Waals surface area contributed by atoms with Crippen LogP contribution < -0.4 is 22.3 Å². The van der Waals surface area contributed by atoms with Gasteiger partial charge >= 0.3 is 17.6 Å². The molecule has 22 heteroatoms. The van der Waals surface area contributed by atoms with E-state index in [0.29, 0.717) is 55.5 Å². The summed E-state index contributed by atoms with van der Waals surface area (Å²) in [5, 5.41) is 46.3. The number of benzene rings is 1. The number of carboxylic acids is 2. The van der Waals surface area contributed by atoms with Crippen LogP contribution in [0.2, 0.25) is 5.02 Å². The molecule has 5 aliphatic rings. The fraction of sp³-hybridized carbons (Fsp3) is 0.471. The van der Waals surface area contributed by atoms with E-state index in [9.17, 15) is 49.2 Å². The van der Waals surface area contributed by atoms with Gasteiger partial charge in [0.1, 0.15) is 34.4 Å². The van der Waals surface area contributed by atoms with Gasteiger partial charge in [-0.25, -0.2) is 19.4 Å². The number of carbonyl (C=O) groups excluding carboxylic acids is 2. The van der Waals surface area contributed by atoms with E-state index in [0.717, 1.165) is 22.0 Å². The second-order valence-corrected chi connectivity index (χ2v) is 17.9. The molecule has 0 unspecified atom stereocenters. The highest BCUT2D eigenvalue weighted by Gasteiger charge is 2.58. The maximum Gasteiger partial charge on any atom is 0.352 e. The second-order valence-electron chi connectivity index (χ2n) is 15.1. The Kier molecular flexibility index (Phi) is 9.65. The summed E-state index contributed by atoms with van der Waals surface area (Å²) in [6.07, 6.45) is 1.89. The van der Waals surface area contributed by atoms with E-state index in [4.69, 9.17) is 22.2 Å². The number of phenols is 2. The van der Waals surface area contributed by atoms with Crippen molar-refractivity contribution in [2.24, 2.45) is 10.6 Å². The molecular weight excluding hydrogens is 796 g/mol. The third-order valence-corrected chi connectivity index (χ3v) is 13.8. The summed E-state index contributed by atoms with van der Waals surface area (Å²) in [6, 6.07) is -0.0656. The quantitative estimate of drug-likeness (QED) is 0.0470. The van der Waals surface area contributed by atoms with Gasteiger partial charge in [0.25, 0.3) is 17.4 Å². The van der Waals surface area contributed by atoms with E-state index in [1.807, 2.05) is 6.92 Å². The van der Waals surface area contributed by atoms with Gasteiger partial charge in [-0.15, -0.1) is 23.1 Å². The van der Waals surface area contributed by atoms with E-state index in [1.165, 1.54) is 35.9 Å². The number of hydrogen-bond donors (Lipinski definition) is 7. The molecule has 7 heterocycles. The number of aromatic nitrogens is 3. The van der Waals surface area contributed by atoms with Crippen LogP contribution >= 0.6 is 34.7 Å². The molecule has 4 saturated heterocycles. The molecule has 4 fully saturated rings. The summed E-state index contributed by atoms with van der Waals surface area (Å²) in [5.74, 6) is -5.40. The number of nitrogens with two attached hydrogens (primary N) is 1. The number of amides is 2. The third-order valence-electron chi connectivity index (χ3n) is 11.3. The molecule has 0 saturated carbocycles. The minimum absolute atomic E-state index is 0.00202. The number of nitrogens with one attached hydrogen (secondary N) is 2. The maximum absolute atomic E-state index is 13.6. The number of nitrogens with zero attached hydrogens (tertiary/aromatic N) is 5. The molecule has 0 radical (unpaired) electrons. The van der Waals surface area contributed by atoms with Gasteiger partial charge in [0.2, 0.25) is 5.60 Å². The van der Waals surface area contributed by atoms with Crippen molar-refractivity contribution in [3.05, 3.63) is 54.3 Å². The van der Waals surface area contributed by atoms with Gasteiger partial charge in [-0.3, -0.25) is 23.9 Å². The summed E-state index contributed by atoms with van der Waals surface area (Å²) < 4.78 is 1.63. The summed E-state index contributed by atoms with van der Waals surface area (Å²) in [7, 11) is 0. The SMILES string of the molecule is C[C@@H]1S[C@@H]2[C@H](NC(=O)C(=NOC(C)(C)C(=O)O)c3csc(N)n3)C(=O)N2C(C(=O)O)=C1C[N+]12CCC(Cn3c(=O)[nH]c4cc(O)c(O)c(Cl)c4c3=O)(CC1)CC2. The number of carboxylic acid groups (broad SMARTS) is 2. The van der Waals surface area contributed by atoms with Crippen molar-refractivity contribution in [1.82, 2.24) is 24.8 Å². The molecule has 5 aliphatic heterocycles. The first-order valence-electron chi connectivity index (χ1n) is 17.5. The number of carbonyl (C=O) groups is 4. The van der Waals surface area contributed by atoms with E-state index in [-0.39, 0.29) is 44.2 Å². The Morgan fingerprint density at radius 2 is 1.84 bits per heavy atom. The molecule has 3 atom stereocenters. The molecule has 0 spiro atoms. The predicted molar refractivity (Wildman–Crippen MR) is 203 cm³/mol. The fourth-order valence-electron chi connectivity index (χ4n) is 7.86. The van der Waals surface area contributed by atoms with E-state index in [1.54, 1.807) is 0 Å². The molecule has 2 amide bonds. The highest BCUT2D eigenvalue weighted by atomic mass is 35.5. The number of H-pyrrole nitrogens is 1. The number of thioether (sulfide) groups is 1. The van der Waals surface area contributed by atoms with Crippen LogP contribution in [-0.4, -0.2) is 122 Å². The average molecular weight is 834 g/mol. The van der Waals surface area contributed by atoms with Crippen molar-refractivity contribution < 1.29 is 48.9 Å². The number of oxime groups is 1. The Morgan fingerprint density at radius 1 is 1.18 bits per heavy atom. The van der Waals surface area contributed by atoms with E-state index < -0.39 is 74.6 Å². The molecule has 3 aromatic rings. The summed E-state index contributed by atoms with van der Waals surface area (Å²) in [5.41, 5.74) is 2.21. The topological polar surface area (TPSA) is 280 Å². The van der Waals surface area contributed by atoms with Crippen molar-refractivity contribution in [2.75, 3.05) is 31.9 Å². The van der Waals surface area contributed by atoms with Gasteiger partial charge in [0.15, 0.2) is 22.3 Å². The van der Waals surface area contributed by atoms with Crippen LogP contribution in [0.5, 0.6) is 11.5 Å². The van der Waals surface area contributed by atoms with Crippen molar-refractivity contribution in [3.63, 3.8) is 0 Å². The highest BCUT2D eigenvalue weighted by Crippen LogP contribution is 2.49. The minimum atomic E-state index is -1.80. The Balaban J connectivity index is 1.08. The van der Waals surface area contributed by atoms with Crippen LogP contribution in [-0.2, 0) is 30.6 Å². The van der Waals surface area contributed by atoms with Gasteiger partial charge < -0.3 is 45.8 Å². The number of halogens is 1. The normalized spacial score (nSPS) is 26.2. The lowest BCUT2D eigenvalue weighted by Crippen LogP contribution is -2.72. The van der Waals surface area contributed by atoms with Crippen LogP contribution in [0.1, 0.15) is 45.7 Å². The first-order chi connectivity index (χ1) is 26.3. The molecule has 1 aromatic carbocycles. The molecular formula is C34H38ClN8O11S2+. The Bertz CT molecular complexity index is 2380. The number of fused-ring (bicyclic) bond motifs is 5. The van der Waals surface area contributed by atoms with Crippen molar-refractivity contribution in [3.8, 4) is 11.5 Å². The van der Waals surface area contributed by atoms with Crippen LogP contribution in [0.15, 0.2) is 37.5 Å². The number of phenolic OH excluding ortho intramolecular Hbond substituents is 2. The monoisotopic (exact) mass is 833 g/mol. The summed E-state index contributed by atoms with van der Waals surface area (Å²) in [4.78, 5) is 91.2. The lowest BCUT2D eigenvalue weighted by atomic mass is 9.70. The smallest absolute Gasteiger partial charge is 0.352 e. The number of nitrogen functional groups attached to an aromatic ring is 1. The third kappa shape index (κ3) is 6.54. The van der Waals surface area contributed by atoms with Gasteiger partial charge in [-0.2, -0.15) is 0 Å². The van der Waals surface area contributed by atoms with E-state index >= 15 is 0 Å². The number of aromatic hydroxyl groups is 2. The zero-order chi connectivity index (χ0) is 40.6. The number of aromatic amines is 1. The van der Waals surface area contributed by atoms with E-state index in [2.05, 4.69) is 20.4 Å². The number of thiazole rings is 1. The first-order valence-corrected chi connectivity index (χ1v) is 19.7. The van der Waals surface area contributed by atoms with Gasteiger partial charge in [0.05, 0.1) is 30.5 Å². The first kappa shape index (κ1) is 39.1. The zero-order valence-electron chi connectivity index (χ0n) is 30.2. The van der Waals surface area contributed by atoms with Gasteiger partial charge in [-0.05, 0) is 20.8 Å². The number of hydrogen-bond acceptors (Lipinski definition) is 14. The van der Waals surface area contributed by atoms with Gasteiger partial charge in [-0.1, -0.05) is 16.8 Å². The van der Waals surface area contributed by atoms with Crippen LogP contribution in [0.4, 0.5) is 5.13 Å². The molecule has 56 heavy (non-hydrogen) atoms. The second kappa shape index (κ2) is 13.8. The number of quaternary nitrogens is 1. The largest absolute Gasteiger partial charge is 0.504 e. The van der Waals surface area contributed by atoms with Crippen molar-refractivity contribution >= 4 is 80.2 Å². The number of aliphatic carboxylic acids is 2. The molecule has 298 valence electrons. The number of anilines is 1. The maximum atomic E-state index is 13.6. The van der Waals surface area contributed by atoms with Crippen LogP contribution in [0.25, 0.3) is 10.9 Å². The van der Waals surface area contributed by atoms with Crippen molar-refractivity contribution in [1.29, 1.82) is 0 Å². The minimum Gasteiger partial charge on any atom is -0.504 e. The molecule has 19 nitrogen and oxygen atoms in total. The van der Waals surface area contributed by atoms with Gasteiger partial charge in [0, 0.05) is 53.5 Å². The molecule has 8 rings (SSSR count). The zero-order valence-corrected chi connectivity index (χ0v) is 32.6. The van der Waals surface area contributed by atoms with Crippen LogP contribution in [0, 0.1) is 5.41 Å². The Morgan fingerprint density at radius 3 is 2.43 bits per heavy atom. The number of rotatable bonds is 11. The summed E-state index contributed by atoms with van der Waals surface area (Å²) >= 11 is 8.53. The fourth-order valence-corrected chi connectivity index (χ4v) is 10.1. The lowest BCUT2D eigenvalue weighted by molar-refractivity contribution is -0.941. The highest BCUT2D eigenvalue weighted by molar-refractivity contribution is 8.00. The standard InChI is InChI=1S/C34H37ClN8O11S2/c1-14-15(11-43-7-4-34(5-8-43,6-9-43)13-41-26(47)19-16(38-32(41)53)10-18(44)24(45)20(19)35)23(29(49)50)42-27(48)22(28(42)56-14)39-25(46)21(17-12-55-31(36)37-17)40-54-33(2,3)30(51)52/h10,12,14,22,28H,4-9,11,13H2,1-3H3,(H7-,36,37,38,39,40,44,45,46,47,49,50,51,52,53)/p+1/t14-,22+,28+,34?,43?/m0/s1. The summed E-state index contributed by atoms with van der Waals surface area (Å²) in [6.45, 7) is 6.67. The predicted octanol–water partition coefficient (Wildman–Crippen LogP) is 1.20. The average Bonchev–Trinajstić information content (AvgIpc) is 3.58. The molecule has 2 aromatic heterocycles. The number of piperidine rings is 3. The Hall–Kier alpha value is -5.12. The molecule has 0 aliphatic carbocycles. The lowest BCUT2D eigenvalue weighted by Gasteiger charge is -2.56.